The normalized spacial score (nSPS) is 14.3. The van der Waals surface area contributed by atoms with Crippen LogP contribution in [0.4, 0.5) is 0 Å². The Morgan fingerprint density at radius 3 is 2.29 bits per heavy atom. The lowest BCUT2D eigenvalue weighted by atomic mass is 10.0. The maximum atomic E-state index is 10.6. The Kier molecular flexibility index (Phi) is 5.12. The highest BCUT2D eigenvalue weighted by molar-refractivity contribution is 5.73. The smallest absolute Gasteiger partial charge is 0.320 e. The van der Waals surface area contributed by atoms with Crippen molar-refractivity contribution in [2.45, 2.75) is 38.3 Å². The van der Waals surface area contributed by atoms with Gasteiger partial charge in [0.15, 0.2) is 0 Å². The first-order valence-corrected chi connectivity index (χ1v) is 5.73. The van der Waals surface area contributed by atoms with Crippen LogP contribution in [0.5, 0.6) is 0 Å². The largest absolute Gasteiger partial charge is 0.480 e. The fourth-order valence-corrected chi connectivity index (χ4v) is 1.56. The molecule has 0 radical (unpaired) electrons. The van der Waals surface area contributed by atoms with Gasteiger partial charge >= 0.3 is 5.97 Å². The summed E-state index contributed by atoms with van der Waals surface area (Å²) in [6.07, 6.45) is 1.60. The number of aryl methyl sites for hydroxylation is 1. The van der Waals surface area contributed by atoms with E-state index in [0.29, 0.717) is 6.42 Å². The van der Waals surface area contributed by atoms with Crippen molar-refractivity contribution in [3.63, 3.8) is 0 Å². The van der Waals surface area contributed by atoms with Crippen molar-refractivity contribution in [2.75, 3.05) is 0 Å². The molecule has 0 heterocycles. The molecule has 94 valence electrons. The molecule has 2 atom stereocenters. The highest BCUT2D eigenvalue weighted by Gasteiger charge is 2.11. The third-order valence-electron chi connectivity index (χ3n) is 2.65. The first kappa shape index (κ1) is 13.7. The minimum absolute atomic E-state index is 0.296. The van der Waals surface area contributed by atoms with Gasteiger partial charge in [-0.05, 0) is 37.3 Å². The van der Waals surface area contributed by atoms with Gasteiger partial charge in [0, 0.05) is 0 Å². The maximum absolute atomic E-state index is 10.6. The molecule has 1 rings (SSSR count). The lowest BCUT2D eigenvalue weighted by Gasteiger charge is -2.08. The Balaban J connectivity index is 2.53. The molecule has 0 fully saturated rings. The number of rotatable bonds is 6. The number of carboxylic acids is 1. The molecule has 0 amide bonds. The van der Waals surface area contributed by atoms with Crippen LogP contribution in [-0.4, -0.2) is 28.3 Å². The summed E-state index contributed by atoms with van der Waals surface area (Å²) in [4.78, 5) is 10.6. The number of hydrogen-bond acceptors (Lipinski definition) is 3. The number of aliphatic hydroxyl groups is 1. The van der Waals surface area contributed by atoms with Gasteiger partial charge in [-0.1, -0.05) is 24.3 Å². The number of aliphatic hydroxyl groups excluding tert-OH is 1. The second-order valence-corrected chi connectivity index (χ2v) is 4.35. The second kappa shape index (κ2) is 6.37. The first-order valence-electron chi connectivity index (χ1n) is 5.73. The van der Waals surface area contributed by atoms with Crippen molar-refractivity contribution < 1.29 is 15.0 Å². The van der Waals surface area contributed by atoms with E-state index in [1.165, 1.54) is 0 Å². The van der Waals surface area contributed by atoms with E-state index in [4.69, 9.17) is 15.9 Å². The van der Waals surface area contributed by atoms with Gasteiger partial charge in [-0.25, -0.2) is 0 Å². The van der Waals surface area contributed by atoms with E-state index in [0.717, 1.165) is 24.0 Å². The number of hydrogen-bond donors (Lipinski definition) is 3. The van der Waals surface area contributed by atoms with Crippen LogP contribution in [0.1, 0.15) is 24.5 Å². The van der Waals surface area contributed by atoms with E-state index < -0.39 is 12.0 Å². The van der Waals surface area contributed by atoms with E-state index >= 15 is 0 Å². The highest BCUT2D eigenvalue weighted by Crippen LogP contribution is 2.09. The molecule has 0 aromatic heterocycles. The van der Waals surface area contributed by atoms with Crippen molar-refractivity contribution in [1.29, 1.82) is 0 Å². The van der Waals surface area contributed by atoms with Crippen molar-refractivity contribution in [1.82, 2.24) is 0 Å². The average molecular weight is 237 g/mol. The quantitative estimate of drug-likeness (QED) is 0.688. The van der Waals surface area contributed by atoms with E-state index in [2.05, 4.69) is 0 Å². The zero-order valence-corrected chi connectivity index (χ0v) is 9.97. The molecule has 0 aliphatic rings. The molecule has 1 aromatic carbocycles. The zero-order chi connectivity index (χ0) is 12.8. The Labute approximate surface area is 101 Å². The molecule has 4 N–H and O–H groups in total. The number of benzene rings is 1. The van der Waals surface area contributed by atoms with Gasteiger partial charge in [0.2, 0.25) is 0 Å². The Bertz CT molecular complexity index is 359. The van der Waals surface area contributed by atoms with Crippen LogP contribution >= 0.6 is 0 Å². The summed E-state index contributed by atoms with van der Waals surface area (Å²) in [6, 6.07) is 6.83. The average Bonchev–Trinajstić information content (AvgIpc) is 2.28. The molecule has 0 saturated heterocycles. The fourth-order valence-electron chi connectivity index (χ4n) is 1.56. The number of carboxylic acid groups (broad SMARTS) is 1. The highest BCUT2D eigenvalue weighted by atomic mass is 16.4. The molecule has 0 aliphatic heterocycles. The van der Waals surface area contributed by atoms with Gasteiger partial charge in [-0.3, -0.25) is 4.79 Å². The molecule has 1 aromatic rings. The van der Waals surface area contributed by atoms with E-state index in [1.54, 1.807) is 6.92 Å². The molecule has 2 unspecified atom stereocenters. The van der Waals surface area contributed by atoms with E-state index in [9.17, 15) is 4.79 Å². The summed E-state index contributed by atoms with van der Waals surface area (Å²) in [5.74, 6) is -0.983. The minimum Gasteiger partial charge on any atom is -0.480 e. The number of carbonyl (C=O) groups is 1. The monoisotopic (exact) mass is 237 g/mol. The standard InChI is InChI=1S/C13H19NO3/c1-9(15)2-3-10-4-6-11(7-5-10)8-12(14)13(16)17/h4-7,9,12,15H,2-3,8,14H2,1H3,(H,16,17). The number of aliphatic carboxylic acids is 1. The Hall–Kier alpha value is -1.39. The molecule has 17 heavy (non-hydrogen) atoms. The van der Waals surface area contributed by atoms with Crippen molar-refractivity contribution in [3.05, 3.63) is 35.4 Å². The summed E-state index contributed by atoms with van der Waals surface area (Å²) in [7, 11) is 0. The fraction of sp³-hybridized carbons (Fsp3) is 0.462. The minimum atomic E-state index is -0.983. The van der Waals surface area contributed by atoms with Crippen molar-refractivity contribution in [3.8, 4) is 0 Å². The molecule has 4 nitrogen and oxygen atoms in total. The third-order valence-corrected chi connectivity index (χ3v) is 2.65. The predicted octanol–water partition coefficient (Wildman–Crippen LogP) is 0.954. The summed E-state index contributed by atoms with van der Waals surface area (Å²) >= 11 is 0. The van der Waals surface area contributed by atoms with Crippen LogP contribution in [0.2, 0.25) is 0 Å². The Morgan fingerprint density at radius 2 is 1.82 bits per heavy atom. The molecular weight excluding hydrogens is 218 g/mol. The van der Waals surface area contributed by atoms with Crippen molar-refractivity contribution in [2.24, 2.45) is 5.73 Å². The third kappa shape index (κ3) is 4.97. The van der Waals surface area contributed by atoms with Crippen LogP contribution in [0.15, 0.2) is 24.3 Å². The predicted molar refractivity (Wildman–Crippen MR) is 65.8 cm³/mol. The van der Waals surface area contributed by atoms with Crippen molar-refractivity contribution >= 4 is 5.97 Å². The SMILES string of the molecule is CC(O)CCc1ccc(CC(N)C(=O)O)cc1. The van der Waals surface area contributed by atoms with Gasteiger partial charge in [0.1, 0.15) is 6.04 Å². The van der Waals surface area contributed by atoms with E-state index in [-0.39, 0.29) is 6.10 Å². The lowest BCUT2D eigenvalue weighted by Crippen LogP contribution is -2.32. The van der Waals surface area contributed by atoms with Gasteiger partial charge in [-0.15, -0.1) is 0 Å². The molecule has 0 aliphatic carbocycles. The molecular formula is C13H19NO3. The summed E-state index contributed by atoms with van der Waals surface area (Å²) in [5, 5.41) is 17.9. The van der Waals surface area contributed by atoms with Gasteiger partial charge in [0.05, 0.1) is 6.10 Å². The first-order chi connectivity index (χ1) is 7.99. The van der Waals surface area contributed by atoms with Crippen LogP contribution < -0.4 is 5.73 Å². The molecule has 0 spiro atoms. The maximum Gasteiger partial charge on any atom is 0.320 e. The van der Waals surface area contributed by atoms with Crippen LogP contribution in [0, 0.1) is 0 Å². The van der Waals surface area contributed by atoms with Gasteiger partial charge in [0.25, 0.3) is 0 Å². The Morgan fingerprint density at radius 1 is 1.29 bits per heavy atom. The van der Waals surface area contributed by atoms with Gasteiger partial charge < -0.3 is 15.9 Å². The van der Waals surface area contributed by atoms with E-state index in [1.807, 2.05) is 24.3 Å². The molecule has 0 saturated carbocycles. The summed E-state index contributed by atoms with van der Waals surface area (Å²) in [6.45, 7) is 1.76. The summed E-state index contributed by atoms with van der Waals surface area (Å²) in [5.41, 5.74) is 7.51. The topological polar surface area (TPSA) is 83.5 Å². The van der Waals surface area contributed by atoms with Crippen LogP contribution in [0.3, 0.4) is 0 Å². The number of nitrogens with two attached hydrogens (primary N) is 1. The lowest BCUT2D eigenvalue weighted by molar-refractivity contribution is -0.138. The second-order valence-electron chi connectivity index (χ2n) is 4.35. The van der Waals surface area contributed by atoms with Crippen LogP contribution in [-0.2, 0) is 17.6 Å². The van der Waals surface area contributed by atoms with Crippen LogP contribution in [0.25, 0.3) is 0 Å². The molecule has 0 bridgehead atoms. The zero-order valence-electron chi connectivity index (χ0n) is 9.97. The summed E-state index contributed by atoms with van der Waals surface area (Å²) < 4.78 is 0. The van der Waals surface area contributed by atoms with Gasteiger partial charge in [-0.2, -0.15) is 0 Å². The molecule has 4 heteroatoms.